The average molecular weight is 562 g/mol. The predicted octanol–water partition coefficient (Wildman–Crippen LogP) is 4.45. The lowest BCUT2D eigenvalue weighted by Crippen LogP contribution is -2.66. The Hall–Kier alpha value is -1.51. The summed E-state index contributed by atoms with van der Waals surface area (Å²) in [5, 5.41) is 7.69. The first-order chi connectivity index (χ1) is 18.5. The Labute approximate surface area is 240 Å². The quantitative estimate of drug-likeness (QED) is 0.461. The molecular formula is C31H48ClN3O4. The van der Waals surface area contributed by atoms with Gasteiger partial charge in [0.1, 0.15) is 23.4 Å². The molecule has 0 bridgehead atoms. The highest BCUT2D eigenvalue weighted by Gasteiger charge is 2.45. The number of ketones is 2. The van der Waals surface area contributed by atoms with Gasteiger partial charge in [0.25, 0.3) is 0 Å². The van der Waals surface area contributed by atoms with Crippen LogP contribution in [0.3, 0.4) is 0 Å². The lowest BCUT2D eigenvalue weighted by molar-refractivity contribution is -0.140. The van der Waals surface area contributed by atoms with E-state index in [1.54, 1.807) is 0 Å². The van der Waals surface area contributed by atoms with E-state index in [2.05, 4.69) is 46.7 Å². The molecule has 0 amide bonds. The van der Waals surface area contributed by atoms with Crippen molar-refractivity contribution in [3.05, 3.63) is 29.8 Å². The van der Waals surface area contributed by atoms with Gasteiger partial charge in [-0.05, 0) is 43.4 Å². The van der Waals surface area contributed by atoms with Gasteiger partial charge in [0.2, 0.25) is 0 Å². The molecule has 1 aromatic carbocycles. The molecule has 39 heavy (non-hydrogen) atoms. The molecule has 3 saturated heterocycles. The average Bonchev–Trinajstić information content (AvgIpc) is 2.94. The normalized spacial score (nSPS) is 28.3. The van der Waals surface area contributed by atoms with Crippen LogP contribution in [-0.2, 0) is 20.9 Å². The van der Waals surface area contributed by atoms with Gasteiger partial charge >= 0.3 is 0 Å². The van der Waals surface area contributed by atoms with Crippen LogP contribution >= 0.6 is 12.4 Å². The van der Waals surface area contributed by atoms with Gasteiger partial charge in [-0.15, -0.1) is 12.4 Å². The number of piperazine rings is 1. The number of rotatable bonds is 9. The summed E-state index contributed by atoms with van der Waals surface area (Å²) in [6.07, 6.45) is 9.52. The molecule has 3 aliphatic heterocycles. The highest BCUT2D eigenvalue weighted by molar-refractivity contribution is 5.97. The minimum absolute atomic E-state index is 0. The van der Waals surface area contributed by atoms with Gasteiger partial charge in [0, 0.05) is 81.8 Å². The molecular weight excluding hydrogens is 514 g/mol. The van der Waals surface area contributed by atoms with E-state index >= 15 is 0 Å². The standard InChI is InChI=1S/C31H47N3O4.ClH/c1-2-3-12-30(20-26(35)6-9-29(30)36)19-25-21-33-31(23-32-25)13-15-34(16-14-31)22-24-4-7-27(8-5-24)38-28-10-17-37-18-11-28;/h4-5,7-8,25,28,32-33H,2-3,6,9-23H2,1H3;1H/t25?,30-;/m0./s1. The molecule has 5 rings (SSSR count). The van der Waals surface area contributed by atoms with Crippen molar-refractivity contribution in [1.29, 1.82) is 0 Å². The molecule has 4 fully saturated rings. The molecule has 3 heterocycles. The Kier molecular flexibility index (Phi) is 10.9. The minimum Gasteiger partial charge on any atom is -0.490 e. The summed E-state index contributed by atoms with van der Waals surface area (Å²) in [7, 11) is 0. The van der Waals surface area contributed by atoms with Crippen molar-refractivity contribution in [2.24, 2.45) is 5.41 Å². The van der Waals surface area contributed by atoms with Crippen LogP contribution in [0.4, 0.5) is 0 Å². The summed E-state index contributed by atoms with van der Waals surface area (Å²) >= 11 is 0. The topological polar surface area (TPSA) is 79.9 Å². The fraction of sp³-hybridized carbons (Fsp3) is 0.742. The molecule has 1 unspecified atom stereocenters. The van der Waals surface area contributed by atoms with E-state index in [4.69, 9.17) is 9.47 Å². The van der Waals surface area contributed by atoms with Gasteiger partial charge in [-0.25, -0.2) is 0 Å². The summed E-state index contributed by atoms with van der Waals surface area (Å²) in [6.45, 7) is 8.70. The van der Waals surface area contributed by atoms with E-state index in [1.165, 1.54) is 5.56 Å². The van der Waals surface area contributed by atoms with Gasteiger partial charge in [0.15, 0.2) is 0 Å². The number of nitrogens with one attached hydrogen (secondary N) is 2. The number of piperidine rings is 1. The van der Waals surface area contributed by atoms with E-state index in [0.29, 0.717) is 25.0 Å². The van der Waals surface area contributed by atoms with Crippen LogP contribution in [0.1, 0.15) is 83.1 Å². The second-order valence-electron chi connectivity index (χ2n) is 12.3. The van der Waals surface area contributed by atoms with Gasteiger partial charge in [0.05, 0.1) is 13.2 Å². The summed E-state index contributed by atoms with van der Waals surface area (Å²) in [5.74, 6) is 1.56. The van der Waals surface area contributed by atoms with Crippen LogP contribution in [-0.4, -0.2) is 73.5 Å². The maximum absolute atomic E-state index is 13.0. The maximum atomic E-state index is 13.0. The molecule has 1 saturated carbocycles. The Morgan fingerprint density at radius 2 is 1.82 bits per heavy atom. The number of halogens is 1. The second-order valence-corrected chi connectivity index (χ2v) is 12.3. The van der Waals surface area contributed by atoms with Crippen LogP contribution in [0.15, 0.2) is 24.3 Å². The largest absolute Gasteiger partial charge is 0.490 e. The van der Waals surface area contributed by atoms with E-state index in [1.807, 2.05) is 0 Å². The van der Waals surface area contributed by atoms with Gasteiger partial charge in [-0.2, -0.15) is 0 Å². The Balaban J connectivity index is 0.00000353. The first-order valence-corrected chi connectivity index (χ1v) is 15.1. The van der Waals surface area contributed by atoms with Crippen molar-refractivity contribution in [2.75, 3.05) is 39.4 Å². The number of benzene rings is 1. The van der Waals surface area contributed by atoms with Crippen LogP contribution in [0.25, 0.3) is 0 Å². The van der Waals surface area contributed by atoms with Crippen molar-refractivity contribution in [1.82, 2.24) is 15.5 Å². The first-order valence-electron chi connectivity index (χ1n) is 15.1. The minimum atomic E-state index is -0.441. The lowest BCUT2D eigenvalue weighted by Gasteiger charge is -2.48. The molecule has 2 atom stereocenters. The predicted molar refractivity (Wildman–Crippen MR) is 156 cm³/mol. The van der Waals surface area contributed by atoms with Crippen molar-refractivity contribution in [3.8, 4) is 5.75 Å². The highest BCUT2D eigenvalue weighted by Crippen LogP contribution is 2.41. The van der Waals surface area contributed by atoms with Crippen molar-refractivity contribution in [2.45, 2.75) is 102 Å². The Morgan fingerprint density at radius 1 is 1.08 bits per heavy atom. The first kappa shape index (κ1) is 30.4. The maximum Gasteiger partial charge on any atom is 0.139 e. The molecule has 1 aliphatic carbocycles. The summed E-state index contributed by atoms with van der Waals surface area (Å²) in [4.78, 5) is 27.9. The van der Waals surface area contributed by atoms with Crippen LogP contribution in [0.5, 0.6) is 5.75 Å². The lowest BCUT2D eigenvalue weighted by atomic mass is 9.65. The van der Waals surface area contributed by atoms with Gasteiger partial charge in [-0.3, -0.25) is 14.5 Å². The SMILES string of the molecule is CCCC[C@]1(CC2CNC3(CCN(Cc4ccc(OC5CCOCC5)cc4)CC3)CN2)CC(=O)CCC1=O.Cl. The summed E-state index contributed by atoms with van der Waals surface area (Å²) < 4.78 is 11.5. The molecule has 4 aliphatic rings. The van der Waals surface area contributed by atoms with E-state index in [-0.39, 0.29) is 35.9 Å². The number of nitrogens with zero attached hydrogens (tertiary/aromatic N) is 1. The van der Waals surface area contributed by atoms with Crippen molar-refractivity contribution < 1.29 is 19.1 Å². The fourth-order valence-electron chi connectivity index (χ4n) is 6.95. The molecule has 0 radical (unpaired) electrons. The number of hydrogen-bond acceptors (Lipinski definition) is 7. The third-order valence-electron chi connectivity index (χ3n) is 9.47. The van der Waals surface area contributed by atoms with E-state index in [9.17, 15) is 9.59 Å². The molecule has 8 heteroatoms. The third-order valence-corrected chi connectivity index (χ3v) is 9.47. The van der Waals surface area contributed by atoms with Crippen molar-refractivity contribution in [3.63, 3.8) is 0 Å². The van der Waals surface area contributed by atoms with Crippen molar-refractivity contribution >= 4 is 24.0 Å². The molecule has 1 aromatic rings. The number of unbranched alkanes of at least 4 members (excludes halogenated alkanes) is 1. The third kappa shape index (κ3) is 7.82. The number of Topliss-reactive ketones (excluding diaryl/α,β-unsaturated/α-hetero) is 2. The number of carbonyl (C=O) groups is 2. The fourth-order valence-corrected chi connectivity index (χ4v) is 6.95. The molecule has 0 aromatic heterocycles. The molecule has 7 nitrogen and oxygen atoms in total. The zero-order valence-corrected chi connectivity index (χ0v) is 24.5. The second kappa shape index (κ2) is 13.9. The molecule has 1 spiro atoms. The summed E-state index contributed by atoms with van der Waals surface area (Å²) in [5.41, 5.74) is 1.03. The van der Waals surface area contributed by atoms with Gasteiger partial charge < -0.3 is 20.1 Å². The Bertz CT molecular complexity index is 934. The number of hydrogen-bond donors (Lipinski definition) is 2. The smallest absolute Gasteiger partial charge is 0.139 e. The monoisotopic (exact) mass is 561 g/mol. The number of ether oxygens (including phenoxy) is 2. The molecule has 2 N–H and O–H groups in total. The summed E-state index contributed by atoms with van der Waals surface area (Å²) in [6, 6.07) is 8.89. The zero-order valence-electron chi connectivity index (χ0n) is 23.7. The Morgan fingerprint density at radius 3 is 2.49 bits per heavy atom. The van der Waals surface area contributed by atoms with E-state index in [0.717, 1.165) is 103 Å². The van der Waals surface area contributed by atoms with Gasteiger partial charge in [-0.1, -0.05) is 31.9 Å². The number of likely N-dealkylation sites (tertiary alicyclic amines) is 1. The molecule has 218 valence electrons. The van der Waals surface area contributed by atoms with Crippen LogP contribution < -0.4 is 15.4 Å². The zero-order chi connectivity index (χ0) is 26.4. The van der Waals surface area contributed by atoms with E-state index < -0.39 is 5.41 Å². The number of carbonyl (C=O) groups excluding carboxylic acids is 2. The highest BCUT2D eigenvalue weighted by atomic mass is 35.5. The van der Waals surface area contributed by atoms with Crippen LogP contribution in [0, 0.1) is 5.41 Å². The van der Waals surface area contributed by atoms with Crippen LogP contribution in [0.2, 0.25) is 0 Å².